The lowest BCUT2D eigenvalue weighted by Gasteiger charge is -2.31. The van der Waals surface area contributed by atoms with Crippen LogP contribution in [-0.4, -0.2) is 23.0 Å². The van der Waals surface area contributed by atoms with Gasteiger partial charge >= 0.3 is 0 Å². The molecule has 0 unspecified atom stereocenters. The molecule has 3 nitrogen and oxygen atoms in total. The lowest BCUT2D eigenvalue weighted by atomic mass is 9.86. The van der Waals surface area contributed by atoms with Crippen molar-refractivity contribution in [2.45, 2.75) is 57.5 Å². The van der Waals surface area contributed by atoms with Gasteiger partial charge in [-0.05, 0) is 31.4 Å². The number of carbonyl (C=O) groups excluding carboxylic acids is 1. The van der Waals surface area contributed by atoms with E-state index in [9.17, 15) is 4.79 Å². The second-order valence-corrected chi connectivity index (χ2v) is 5.82. The summed E-state index contributed by atoms with van der Waals surface area (Å²) in [7, 11) is 0. The third kappa shape index (κ3) is 3.58. The van der Waals surface area contributed by atoms with Crippen LogP contribution in [0.25, 0.3) is 0 Å². The van der Waals surface area contributed by atoms with Gasteiger partial charge in [0.1, 0.15) is 5.60 Å². The molecule has 20 heavy (non-hydrogen) atoms. The van der Waals surface area contributed by atoms with Crippen molar-refractivity contribution >= 4 is 17.4 Å². The van der Waals surface area contributed by atoms with Crippen molar-refractivity contribution in [1.29, 1.82) is 0 Å². The van der Waals surface area contributed by atoms with Gasteiger partial charge in [-0.3, -0.25) is 9.78 Å². The highest BCUT2D eigenvalue weighted by atomic mass is 35.5. The molecule has 0 aromatic carbocycles. The van der Waals surface area contributed by atoms with Crippen molar-refractivity contribution in [2.75, 3.05) is 6.61 Å². The fourth-order valence-corrected chi connectivity index (χ4v) is 3.15. The molecular formula is C16H22ClNO2. The van der Waals surface area contributed by atoms with Crippen LogP contribution in [0.4, 0.5) is 0 Å². The van der Waals surface area contributed by atoms with E-state index in [0.29, 0.717) is 18.1 Å². The number of hydrogen-bond donors (Lipinski definition) is 0. The molecule has 1 saturated carbocycles. The summed E-state index contributed by atoms with van der Waals surface area (Å²) >= 11 is 6.11. The molecule has 0 amide bonds. The Morgan fingerprint density at radius 3 is 2.65 bits per heavy atom. The van der Waals surface area contributed by atoms with Gasteiger partial charge in [-0.15, -0.1) is 0 Å². The highest BCUT2D eigenvalue weighted by molar-refractivity contribution is 6.31. The summed E-state index contributed by atoms with van der Waals surface area (Å²) in [5.41, 5.74) is 0.243. The number of halogens is 1. The van der Waals surface area contributed by atoms with E-state index >= 15 is 0 Å². The van der Waals surface area contributed by atoms with Gasteiger partial charge in [0.25, 0.3) is 0 Å². The van der Waals surface area contributed by atoms with Gasteiger partial charge in [0, 0.05) is 25.4 Å². The average molecular weight is 296 g/mol. The lowest BCUT2D eigenvalue weighted by molar-refractivity contribution is -0.145. The minimum absolute atomic E-state index is 0.161. The zero-order valence-corrected chi connectivity index (χ0v) is 12.8. The van der Waals surface area contributed by atoms with E-state index in [2.05, 4.69) is 4.98 Å². The molecule has 0 spiro atoms. The number of ether oxygens (including phenoxy) is 1. The maximum Gasteiger partial charge on any atom is 0.169 e. The molecule has 1 fully saturated rings. The first-order valence-electron chi connectivity index (χ1n) is 7.43. The molecule has 0 saturated heterocycles. The fraction of sp³-hybridized carbons (Fsp3) is 0.625. The van der Waals surface area contributed by atoms with Crippen molar-refractivity contribution in [3.05, 3.63) is 29.0 Å². The first kappa shape index (κ1) is 15.5. The Kier molecular flexibility index (Phi) is 5.55. The van der Waals surface area contributed by atoms with Crippen molar-refractivity contribution in [3.63, 3.8) is 0 Å². The SMILES string of the molecule is CCOC1(C(=O)Cc2ccncc2Cl)CCCCCC1. The first-order chi connectivity index (χ1) is 9.68. The van der Waals surface area contributed by atoms with E-state index in [1.165, 1.54) is 12.8 Å². The maximum absolute atomic E-state index is 12.8. The monoisotopic (exact) mass is 295 g/mol. The van der Waals surface area contributed by atoms with Crippen LogP contribution in [0.2, 0.25) is 5.02 Å². The summed E-state index contributed by atoms with van der Waals surface area (Å²) in [4.78, 5) is 16.7. The number of hydrogen-bond acceptors (Lipinski definition) is 3. The van der Waals surface area contributed by atoms with Gasteiger partial charge in [-0.25, -0.2) is 0 Å². The summed E-state index contributed by atoms with van der Waals surface area (Å²) in [5.74, 6) is 0.161. The van der Waals surface area contributed by atoms with Gasteiger partial charge in [0.05, 0.1) is 5.02 Å². The molecule has 1 aromatic heterocycles. The highest BCUT2D eigenvalue weighted by Crippen LogP contribution is 2.33. The Morgan fingerprint density at radius 2 is 2.05 bits per heavy atom. The molecule has 0 N–H and O–H groups in total. The molecule has 0 bridgehead atoms. The molecule has 0 radical (unpaired) electrons. The smallest absolute Gasteiger partial charge is 0.169 e. The van der Waals surface area contributed by atoms with E-state index in [4.69, 9.17) is 16.3 Å². The van der Waals surface area contributed by atoms with E-state index < -0.39 is 5.60 Å². The van der Waals surface area contributed by atoms with E-state index in [1.54, 1.807) is 12.4 Å². The van der Waals surface area contributed by atoms with Crippen LogP contribution in [0.15, 0.2) is 18.5 Å². The summed E-state index contributed by atoms with van der Waals surface area (Å²) in [6.07, 6.45) is 9.79. The molecule has 1 heterocycles. The number of ketones is 1. The van der Waals surface area contributed by atoms with Crippen LogP contribution < -0.4 is 0 Å². The summed E-state index contributed by atoms with van der Waals surface area (Å²) < 4.78 is 5.92. The normalized spacial score (nSPS) is 18.5. The Labute approximate surface area is 125 Å². The minimum Gasteiger partial charge on any atom is -0.367 e. The molecule has 0 atom stereocenters. The van der Waals surface area contributed by atoms with Crippen LogP contribution in [-0.2, 0) is 16.0 Å². The number of Topliss-reactive ketones (excluding diaryl/α,β-unsaturated/α-hetero) is 1. The number of nitrogens with zero attached hydrogens (tertiary/aromatic N) is 1. The Bertz CT molecular complexity index is 454. The number of pyridine rings is 1. The Balaban J connectivity index is 2.16. The third-order valence-corrected chi connectivity index (χ3v) is 4.39. The topological polar surface area (TPSA) is 39.2 Å². The van der Waals surface area contributed by atoms with Gasteiger partial charge in [0.2, 0.25) is 0 Å². The van der Waals surface area contributed by atoms with Crippen LogP contribution in [0.3, 0.4) is 0 Å². The van der Waals surface area contributed by atoms with Crippen LogP contribution in [0.1, 0.15) is 51.0 Å². The van der Waals surface area contributed by atoms with Gasteiger partial charge < -0.3 is 4.74 Å². The summed E-state index contributed by atoms with van der Waals surface area (Å²) in [6, 6.07) is 1.82. The summed E-state index contributed by atoms with van der Waals surface area (Å²) in [5, 5.41) is 0.557. The second-order valence-electron chi connectivity index (χ2n) is 5.41. The van der Waals surface area contributed by atoms with Crippen LogP contribution in [0.5, 0.6) is 0 Å². The van der Waals surface area contributed by atoms with Crippen molar-refractivity contribution in [2.24, 2.45) is 0 Å². The molecule has 2 rings (SSSR count). The van der Waals surface area contributed by atoms with Crippen LogP contribution >= 0.6 is 11.6 Å². The molecule has 4 heteroatoms. The Hall–Kier alpha value is -0.930. The molecule has 0 aliphatic heterocycles. The van der Waals surface area contributed by atoms with E-state index in [1.807, 2.05) is 13.0 Å². The molecule has 1 aromatic rings. The van der Waals surface area contributed by atoms with Crippen molar-refractivity contribution in [1.82, 2.24) is 4.98 Å². The largest absolute Gasteiger partial charge is 0.367 e. The predicted molar refractivity (Wildman–Crippen MR) is 80.0 cm³/mol. The zero-order chi connectivity index (χ0) is 14.4. The molecule has 1 aliphatic rings. The van der Waals surface area contributed by atoms with Gasteiger partial charge in [-0.1, -0.05) is 37.3 Å². The highest BCUT2D eigenvalue weighted by Gasteiger charge is 2.38. The van der Waals surface area contributed by atoms with Gasteiger partial charge in [-0.2, -0.15) is 0 Å². The zero-order valence-electron chi connectivity index (χ0n) is 12.0. The maximum atomic E-state index is 12.8. The standard InChI is InChI=1S/C16H22ClNO2/c1-2-20-16(8-5-3-4-6-9-16)15(19)11-13-7-10-18-12-14(13)17/h7,10,12H,2-6,8-9,11H2,1H3. The first-order valence-corrected chi connectivity index (χ1v) is 7.81. The number of rotatable bonds is 5. The number of carbonyl (C=O) groups is 1. The van der Waals surface area contributed by atoms with E-state index in [0.717, 1.165) is 31.2 Å². The third-order valence-electron chi connectivity index (χ3n) is 4.05. The van der Waals surface area contributed by atoms with Crippen molar-refractivity contribution in [3.8, 4) is 0 Å². The Morgan fingerprint density at radius 1 is 1.35 bits per heavy atom. The molecule has 110 valence electrons. The lowest BCUT2D eigenvalue weighted by Crippen LogP contribution is -2.42. The fourth-order valence-electron chi connectivity index (χ4n) is 2.96. The minimum atomic E-state index is -0.599. The summed E-state index contributed by atoms with van der Waals surface area (Å²) in [6.45, 7) is 2.54. The molecule has 1 aliphatic carbocycles. The van der Waals surface area contributed by atoms with E-state index in [-0.39, 0.29) is 5.78 Å². The average Bonchev–Trinajstić information content (AvgIpc) is 2.68. The molecular weight excluding hydrogens is 274 g/mol. The van der Waals surface area contributed by atoms with Gasteiger partial charge in [0.15, 0.2) is 5.78 Å². The van der Waals surface area contributed by atoms with Crippen molar-refractivity contribution < 1.29 is 9.53 Å². The predicted octanol–water partition coefficient (Wildman–Crippen LogP) is 3.98. The number of aromatic nitrogens is 1. The second kappa shape index (κ2) is 7.19. The quantitative estimate of drug-likeness (QED) is 0.771. The van der Waals surface area contributed by atoms with Crippen LogP contribution in [0, 0.1) is 0 Å².